The molecule has 4 N–H and O–H groups in total. The summed E-state index contributed by atoms with van der Waals surface area (Å²) < 4.78 is 18.5. The summed E-state index contributed by atoms with van der Waals surface area (Å²) in [5.74, 6) is 0.545. The van der Waals surface area contributed by atoms with Crippen LogP contribution in [0.4, 0.5) is 10.2 Å². The van der Waals surface area contributed by atoms with Gasteiger partial charge in [0.25, 0.3) is 0 Å². The Hall–Kier alpha value is -1.83. The van der Waals surface area contributed by atoms with Gasteiger partial charge in [0, 0.05) is 17.6 Å². The van der Waals surface area contributed by atoms with E-state index < -0.39 is 7.69 Å². The van der Waals surface area contributed by atoms with Crippen molar-refractivity contribution in [3.63, 3.8) is 0 Å². The molecule has 21 heavy (non-hydrogen) atoms. The number of anilines is 1. The van der Waals surface area contributed by atoms with Crippen LogP contribution in [0.15, 0.2) is 36.5 Å². The van der Waals surface area contributed by atoms with Crippen molar-refractivity contribution in [3.05, 3.63) is 52.9 Å². The topological polar surface area (TPSA) is 88.6 Å². The highest BCUT2D eigenvalue weighted by Crippen LogP contribution is 2.20. The molecule has 1 heterocycles. The summed E-state index contributed by atoms with van der Waals surface area (Å²) in [6.45, 7) is 0.360. The molecule has 0 saturated carbocycles. The largest absolute Gasteiger partial charge is 0.489 e. The van der Waals surface area contributed by atoms with Gasteiger partial charge in [-0.05, 0) is 35.9 Å². The quantitative estimate of drug-likeness (QED) is 0.741. The lowest BCUT2D eigenvalue weighted by Gasteiger charge is -2.08. The molecule has 5 nitrogen and oxygen atoms in total. The highest BCUT2D eigenvalue weighted by atomic mass is 35.5. The first-order chi connectivity index (χ1) is 10.1. The maximum atomic E-state index is 13.0. The molecule has 2 aromatic rings. The number of benzene rings is 1. The van der Waals surface area contributed by atoms with Crippen LogP contribution in [0.3, 0.4) is 0 Å². The minimum Gasteiger partial charge on any atom is -0.489 e. The van der Waals surface area contributed by atoms with Crippen LogP contribution < -0.4 is 10.5 Å². The Balaban J connectivity index is 0.000000677. The summed E-state index contributed by atoms with van der Waals surface area (Å²) in [5.41, 5.74) is 6.34. The van der Waals surface area contributed by atoms with Crippen LogP contribution in [0.25, 0.3) is 0 Å². The molecule has 0 fully saturated rings. The van der Waals surface area contributed by atoms with Crippen LogP contribution in [0, 0.1) is 5.82 Å². The van der Waals surface area contributed by atoms with Gasteiger partial charge in [-0.25, -0.2) is 9.37 Å². The third-order valence-electron chi connectivity index (χ3n) is 2.44. The van der Waals surface area contributed by atoms with Crippen LogP contribution in [-0.4, -0.2) is 29.3 Å². The number of aromatic nitrogens is 1. The second-order valence-electron chi connectivity index (χ2n) is 3.86. The van der Waals surface area contributed by atoms with E-state index in [1.807, 2.05) is 0 Å². The zero-order chi connectivity index (χ0) is 15.7. The number of halogens is 2. The van der Waals surface area contributed by atoms with E-state index in [1.165, 1.54) is 18.2 Å². The summed E-state index contributed by atoms with van der Waals surface area (Å²) in [4.78, 5) is 3.90. The minimum atomic E-state index is -0.750. The van der Waals surface area contributed by atoms with Gasteiger partial charge >= 0.3 is 7.69 Å². The Morgan fingerprint density at radius 3 is 2.71 bits per heavy atom. The molecular formula is C13H15BClFN2O3. The highest BCUT2D eigenvalue weighted by Gasteiger charge is 2.04. The predicted octanol–water partition coefficient (Wildman–Crippen LogP) is 1.32. The van der Waals surface area contributed by atoms with Crippen LogP contribution in [0.2, 0.25) is 5.02 Å². The molecule has 0 atom stereocenters. The van der Waals surface area contributed by atoms with Crippen LogP contribution in [0.5, 0.6) is 5.75 Å². The van der Waals surface area contributed by atoms with Crippen molar-refractivity contribution < 1.29 is 19.2 Å². The number of ether oxygens (including phenoxy) is 1. The molecular weight excluding hydrogens is 297 g/mol. The van der Waals surface area contributed by atoms with E-state index in [2.05, 4.69) is 4.98 Å². The van der Waals surface area contributed by atoms with Crippen molar-refractivity contribution >= 4 is 25.1 Å². The first-order valence-corrected chi connectivity index (χ1v) is 6.45. The van der Waals surface area contributed by atoms with Crippen LogP contribution >= 0.6 is 11.6 Å². The van der Waals surface area contributed by atoms with Crippen molar-refractivity contribution in [2.75, 3.05) is 12.3 Å². The molecule has 0 unspecified atom stereocenters. The maximum absolute atomic E-state index is 13.0. The predicted molar refractivity (Wildman–Crippen MR) is 80.8 cm³/mol. The Kier molecular flexibility index (Phi) is 7.53. The fourth-order valence-electron chi connectivity index (χ4n) is 1.53. The smallest absolute Gasteiger partial charge is 0.432 e. The molecule has 0 bridgehead atoms. The van der Waals surface area contributed by atoms with Crippen molar-refractivity contribution in [3.8, 4) is 5.75 Å². The Bertz CT molecular complexity index is 575. The Morgan fingerprint density at radius 1 is 1.33 bits per heavy atom. The van der Waals surface area contributed by atoms with Gasteiger partial charge in [-0.2, -0.15) is 0 Å². The molecule has 0 radical (unpaired) electrons. The van der Waals surface area contributed by atoms with Crippen molar-refractivity contribution in [2.24, 2.45) is 0 Å². The van der Waals surface area contributed by atoms with E-state index in [9.17, 15) is 4.39 Å². The summed E-state index contributed by atoms with van der Waals surface area (Å²) in [5, 5.41) is 14.8. The zero-order valence-corrected chi connectivity index (χ0v) is 11.9. The average molecular weight is 313 g/mol. The third-order valence-corrected chi connectivity index (χ3v) is 2.81. The molecule has 8 heteroatoms. The van der Waals surface area contributed by atoms with Gasteiger partial charge in [0.15, 0.2) is 11.6 Å². The number of hydrogen-bond acceptors (Lipinski definition) is 5. The van der Waals surface area contributed by atoms with E-state index in [-0.39, 0.29) is 5.82 Å². The zero-order valence-electron chi connectivity index (χ0n) is 11.2. The van der Waals surface area contributed by atoms with E-state index in [0.717, 1.165) is 0 Å². The summed E-state index contributed by atoms with van der Waals surface area (Å²) in [6, 6.07) is 7.73. The number of pyridine rings is 1. The first-order valence-electron chi connectivity index (χ1n) is 6.07. The van der Waals surface area contributed by atoms with E-state index >= 15 is 0 Å². The number of nitrogens with two attached hydrogens (primary N) is 1. The molecule has 2 rings (SSSR count). The molecule has 0 aliphatic carbocycles. The van der Waals surface area contributed by atoms with Gasteiger partial charge < -0.3 is 20.5 Å². The lowest BCUT2D eigenvalue weighted by Crippen LogP contribution is -2.04. The summed E-state index contributed by atoms with van der Waals surface area (Å²) in [6.07, 6.45) is 2.09. The lowest BCUT2D eigenvalue weighted by molar-refractivity contribution is 0.322. The molecule has 112 valence electrons. The molecule has 0 spiro atoms. The fraction of sp³-hybridized carbons (Fsp3) is 0.154. The van der Waals surface area contributed by atoms with Gasteiger partial charge in [0.1, 0.15) is 5.82 Å². The van der Waals surface area contributed by atoms with Crippen molar-refractivity contribution in [1.82, 2.24) is 4.98 Å². The highest BCUT2D eigenvalue weighted by molar-refractivity contribution is 6.31. The van der Waals surface area contributed by atoms with Gasteiger partial charge in [-0.3, -0.25) is 0 Å². The second kappa shape index (κ2) is 9.17. The third kappa shape index (κ3) is 5.99. The number of rotatable bonds is 4. The summed E-state index contributed by atoms with van der Waals surface area (Å²) in [7, 11) is -0.750. The number of nitrogen functional groups attached to an aromatic ring is 1. The van der Waals surface area contributed by atoms with Gasteiger partial charge in [0.2, 0.25) is 0 Å². The Morgan fingerprint density at radius 2 is 2.05 bits per heavy atom. The SMILES string of the molecule is Nc1ncccc1OCCc1cc(F)ccc1Cl.OBO. The van der Waals surface area contributed by atoms with Gasteiger partial charge in [0.05, 0.1) is 6.61 Å². The van der Waals surface area contributed by atoms with Crippen molar-refractivity contribution in [1.29, 1.82) is 0 Å². The molecule has 0 aliphatic rings. The number of hydrogen-bond donors (Lipinski definition) is 3. The van der Waals surface area contributed by atoms with Crippen LogP contribution in [0.1, 0.15) is 5.56 Å². The summed E-state index contributed by atoms with van der Waals surface area (Å²) >= 11 is 5.95. The number of nitrogens with zero attached hydrogens (tertiary/aromatic N) is 1. The lowest BCUT2D eigenvalue weighted by atomic mass is 10.1. The molecule has 0 amide bonds. The minimum absolute atomic E-state index is 0.310. The Labute approximate surface area is 127 Å². The maximum Gasteiger partial charge on any atom is 0.432 e. The molecule has 0 aliphatic heterocycles. The van der Waals surface area contributed by atoms with Gasteiger partial charge in [-0.15, -0.1) is 0 Å². The monoisotopic (exact) mass is 312 g/mol. The van der Waals surface area contributed by atoms with Crippen LogP contribution in [-0.2, 0) is 6.42 Å². The van der Waals surface area contributed by atoms with Crippen molar-refractivity contribution in [2.45, 2.75) is 6.42 Å². The van der Waals surface area contributed by atoms with Gasteiger partial charge in [-0.1, -0.05) is 11.6 Å². The van der Waals surface area contributed by atoms with E-state index in [1.54, 1.807) is 18.3 Å². The van der Waals surface area contributed by atoms with E-state index in [4.69, 9.17) is 32.1 Å². The average Bonchev–Trinajstić information content (AvgIpc) is 2.45. The standard InChI is InChI=1S/C13H12ClFN2O.BH3O2/c14-11-4-3-10(15)8-9(11)5-7-18-12-2-1-6-17-13(12)16;2-1-3/h1-4,6,8H,5,7H2,(H2,16,17);1-3H. The molecule has 1 aromatic carbocycles. The second-order valence-corrected chi connectivity index (χ2v) is 4.27. The molecule has 0 saturated heterocycles. The first kappa shape index (κ1) is 17.2. The normalized spacial score (nSPS) is 9.52. The fourth-order valence-corrected chi connectivity index (χ4v) is 1.74. The van der Waals surface area contributed by atoms with E-state index in [0.29, 0.717) is 35.2 Å². The molecule has 1 aromatic heterocycles.